The van der Waals surface area contributed by atoms with E-state index in [9.17, 15) is 0 Å². The number of nitrogens with one attached hydrogen (secondary N) is 1. The normalized spacial score (nSPS) is 10.7. The molecule has 0 atom stereocenters. The Morgan fingerprint density at radius 3 is 2.62 bits per heavy atom. The molecular formula is C11H15N3OS. The first-order valence-corrected chi connectivity index (χ1v) is 6.18. The van der Waals surface area contributed by atoms with E-state index in [4.69, 9.17) is 4.42 Å². The molecule has 2 heterocycles. The van der Waals surface area contributed by atoms with Crippen LogP contribution in [0.15, 0.2) is 9.80 Å². The monoisotopic (exact) mass is 237 g/mol. The van der Waals surface area contributed by atoms with Crippen LogP contribution in [0, 0.1) is 13.8 Å². The van der Waals surface area contributed by atoms with Crippen LogP contribution in [0.4, 0.5) is 5.69 Å². The highest BCUT2D eigenvalue weighted by atomic mass is 32.1. The first-order chi connectivity index (χ1) is 7.70. The summed E-state index contributed by atoms with van der Waals surface area (Å²) in [4.78, 5) is 1.28. The van der Waals surface area contributed by atoms with Crippen molar-refractivity contribution in [2.75, 3.05) is 5.32 Å². The van der Waals surface area contributed by atoms with Gasteiger partial charge in [0.25, 0.3) is 0 Å². The van der Waals surface area contributed by atoms with E-state index in [0.717, 1.165) is 6.42 Å². The highest BCUT2D eigenvalue weighted by Gasteiger charge is 2.07. The fourth-order valence-electron chi connectivity index (χ4n) is 1.50. The smallest absolute Gasteiger partial charge is 0.235 e. The Hall–Kier alpha value is -1.36. The second-order valence-electron chi connectivity index (χ2n) is 3.65. The Morgan fingerprint density at radius 2 is 2.06 bits per heavy atom. The Labute approximate surface area is 98.7 Å². The fraction of sp³-hybridized carbons (Fsp3) is 0.455. The van der Waals surface area contributed by atoms with Gasteiger partial charge in [0.1, 0.15) is 0 Å². The average Bonchev–Trinajstić information content (AvgIpc) is 2.85. The molecule has 0 fully saturated rings. The van der Waals surface area contributed by atoms with Gasteiger partial charge in [0.05, 0.1) is 12.2 Å². The lowest BCUT2D eigenvalue weighted by Gasteiger charge is -2.03. The van der Waals surface area contributed by atoms with Crippen molar-refractivity contribution in [2.24, 2.45) is 0 Å². The van der Waals surface area contributed by atoms with Gasteiger partial charge in [-0.3, -0.25) is 0 Å². The van der Waals surface area contributed by atoms with Crippen molar-refractivity contribution in [1.29, 1.82) is 0 Å². The summed E-state index contributed by atoms with van der Waals surface area (Å²) in [5.41, 5.74) is 2.44. The molecule has 16 heavy (non-hydrogen) atoms. The maximum Gasteiger partial charge on any atom is 0.235 e. The molecule has 0 radical (unpaired) electrons. The van der Waals surface area contributed by atoms with E-state index in [0.29, 0.717) is 18.3 Å². The zero-order chi connectivity index (χ0) is 11.5. The number of hydrogen-bond donors (Lipinski definition) is 1. The average molecular weight is 237 g/mol. The van der Waals surface area contributed by atoms with Gasteiger partial charge in [-0.25, -0.2) is 0 Å². The minimum atomic E-state index is 0.589. The molecule has 0 aliphatic heterocycles. The predicted octanol–water partition coefficient (Wildman–Crippen LogP) is 2.92. The second kappa shape index (κ2) is 4.65. The molecule has 0 unspecified atom stereocenters. The molecule has 2 aromatic rings. The Morgan fingerprint density at radius 1 is 1.31 bits per heavy atom. The van der Waals surface area contributed by atoms with E-state index >= 15 is 0 Å². The summed E-state index contributed by atoms with van der Waals surface area (Å²) < 4.78 is 5.43. The van der Waals surface area contributed by atoms with Crippen molar-refractivity contribution < 1.29 is 4.42 Å². The summed E-state index contributed by atoms with van der Waals surface area (Å²) in [5.74, 6) is 1.33. The van der Waals surface area contributed by atoms with Gasteiger partial charge in [0.2, 0.25) is 11.8 Å². The second-order valence-corrected chi connectivity index (χ2v) is 4.73. The van der Waals surface area contributed by atoms with Gasteiger partial charge in [-0.2, -0.15) is 0 Å². The van der Waals surface area contributed by atoms with Crippen LogP contribution in [-0.4, -0.2) is 10.2 Å². The van der Waals surface area contributed by atoms with E-state index < -0.39 is 0 Å². The summed E-state index contributed by atoms with van der Waals surface area (Å²) in [6.07, 6.45) is 0.781. The molecule has 1 N–H and O–H groups in total. The maximum atomic E-state index is 5.43. The van der Waals surface area contributed by atoms with Crippen LogP contribution in [0.3, 0.4) is 0 Å². The molecule has 2 aromatic heterocycles. The summed E-state index contributed by atoms with van der Waals surface area (Å²) in [7, 11) is 0. The minimum Gasteiger partial charge on any atom is -0.423 e. The number of rotatable bonds is 4. The van der Waals surface area contributed by atoms with Gasteiger partial charge >= 0.3 is 0 Å². The van der Waals surface area contributed by atoms with Gasteiger partial charge in [-0.15, -0.1) is 21.5 Å². The molecule has 0 spiro atoms. The third-order valence-corrected chi connectivity index (χ3v) is 3.42. The van der Waals surface area contributed by atoms with Gasteiger partial charge in [0.15, 0.2) is 0 Å². The van der Waals surface area contributed by atoms with Crippen LogP contribution in [0.25, 0.3) is 0 Å². The molecule has 0 saturated heterocycles. The molecule has 5 heteroatoms. The number of aromatic nitrogens is 2. The van der Waals surface area contributed by atoms with Crippen LogP contribution < -0.4 is 5.32 Å². The number of hydrogen-bond acceptors (Lipinski definition) is 5. The Balaban J connectivity index is 2.02. The third-order valence-electron chi connectivity index (χ3n) is 2.39. The van der Waals surface area contributed by atoms with E-state index in [1.165, 1.54) is 16.1 Å². The highest BCUT2D eigenvalue weighted by Crippen LogP contribution is 2.26. The lowest BCUT2D eigenvalue weighted by molar-refractivity contribution is 0.460. The van der Waals surface area contributed by atoms with Crippen LogP contribution in [-0.2, 0) is 13.0 Å². The van der Waals surface area contributed by atoms with E-state index in [1.54, 1.807) is 11.3 Å². The van der Waals surface area contributed by atoms with Crippen LogP contribution >= 0.6 is 11.3 Å². The molecule has 0 bridgehead atoms. The summed E-state index contributed by atoms with van der Waals surface area (Å²) in [5, 5.41) is 13.4. The minimum absolute atomic E-state index is 0.589. The first kappa shape index (κ1) is 11.1. The first-order valence-electron chi connectivity index (χ1n) is 5.30. The van der Waals surface area contributed by atoms with Crippen molar-refractivity contribution in [3.8, 4) is 0 Å². The topological polar surface area (TPSA) is 51.0 Å². The van der Waals surface area contributed by atoms with Crippen molar-refractivity contribution in [1.82, 2.24) is 10.2 Å². The maximum absolute atomic E-state index is 5.43. The highest BCUT2D eigenvalue weighted by molar-refractivity contribution is 7.10. The molecular weight excluding hydrogens is 222 g/mol. The van der Waals surface area contributed by atoms with Crippen molar-refractivity contribution in [3.05, 3.63) is 27.6 Å². The van der Waals surface area contributed by atoms with Crippen molar-refractivity contribution in [3.63, 3.8) is 0 Å². The fourth-order valence-corrected chi connectivity index (χ4v) is 2.33. The summed E-state index contributed by atoms with van der Waals surface area (Å²) in [6, 6.07) is 0. The quantitative estimate of drug-likeness (QED) is 0.888. The molecule has 86 valence electrons. The predicted molar refractivity (Wildman–Crippen MR) is 64.8 cm³/mol. The Kier molecular flexibility index (Phi) is 3.24. The molecule has 0 aliphatic rings. The van der Waals surface area contributed by atoms with Gasteiger partial charge in [-0.1, -0.05) is 6.92 Å². The molecule has 4 nitrogen and oxygen atoms in total. The van der Waals surface area contributed by atoms with Gasteiger partial charge in [-0.05, 0) is 24.8 Å². The molecule has 2 rings (SSSR count). The molecule has 0 aliphatic carbocycles. The van der Waals surface area contributed by atoms with Crippen LogP contribution in [0.2, 0.25) is 0 Å². The zero-order valence-corrected chi connectivity index (χ0v) is 10.5. The molecule has 0 aromatic carbocycles. The van der Waals surface area contributed by atoms with Gasteiger partial charge < -0.3 is 9.73 Å². The van der Waals surface area contributed by atoms with E-state index in [2.05, 4.69) is 34.7 Å². The zero-order valence-electron chi connectivity index (χ0n) is 9.70. The Bertz CT molecular complexity index is 456. The van der Waals surface area contributed by atoms with Crippen LogP contribution in [0.1, 0.15) is 29.1 Å². The standard InChI is InChI=1S/C11H15N3OS/c1-4-9-13-14-10(15-9)5-12-11-7(2)6-16-8(11)3/h6,12H,4-5H2,1-3H3. The molecule has 0 amide bonds. The van der Waals surface area contributed by atoms with Crippen molar-refractivity contribution >= 4 is 17.0 Å². The van der Waals surface area contributed by atoms with Gasteiger partial charge in [0, 0.05) is 11.3 Å². The number of aryl methyl sites for hydroxylation is 3. The number of anilines is 1. The lowest BCUT2D eigenvalue weighted by Crippen LogP contribution is -2.00. The number of nitrogens with zero attached hydrogens (tertiary/aromatic N) is 2. The number of thiophene rings is 1. The lowest BCUT2D eigenvalue weighted by atomic mass is 10.3. The third kappa shape index (κ3) is 2.24. The summed E-state index contributed by atoms with van der Waals surface area (Å²) in [6.45, 7) is 6.78. The van der Waals surface area contributed by atoms with E-state index in [-0.39, 0.29) is 0 Å². The van der Waals surface area contributed by atoms with Crippen molar-refractivity contribution in [2.45, 2.75) is 33.7 Å². The summed E-state index contributed by atoms with van der Waals surface area (Å²) >= 11 is 1.75. The SMILES string of the molecule is CCc1nnc(CNc2c(C)csc2C)o1. The van der Waals surface area contributed by atoms with Crippen LogP contribution in [0.5, 0.6) is 0 Å². The van der Waals surface area contributed by atoms with E-state index in [1.807, 2.05) is 6.92 Å². The largest absolute Gasteiger partial charge is 0.423 e. The molecule has 0 saturated carbocycles.